The van der Waals surface area contributed by atoms with Crippen LogP contribution >= 0.6 is 15.9 Å². The van der Waals surface area contributed by atoms with Crippen LogP contribution in [-0.2, 0) is 22.8 Å². The summed E-state index contributed by atoms with van der Waals surface area (Å²) in [7, 11) is -3.16. The number of rotatable bonds is 4. The van der Waals surface area contributed by atoms with Gasteiger partial charge in [0.05, 0.1) is 33.0 Å². The molecule has 1 aromatic rings. The van der Waals surface area contributed by atoms with E-state index in [9.17, 15) is 13.5 Å². The fraction of sp³-hybridized carbons (Fsp3) is 0.769. The lowest BCUT2D eigenvalue weighted by Gasteiger charge is -2.26. The third-order valence-corrected chi connectivity index (χ3v) is 7.27. The van der Waals surface area contributed by atoms with Gasteiger partial charge < -0.3 is 5.11 Å². The molecule has 2 unspecified atom stereocenters. The third kappa shape index (κ3) is 3.09. The van der Waals surface area contributed by atoms with Crippen molar-refractivity contribution in [2.75, 3.05) is 5.75 Å². The number of aromatic nitrogens is 2. The van der Waals surface area contributed by atoms with Gasteiger partial charge >= 0.3 is 0 Å². The van der Waals surface area contributed by atoms with Gasteiger partial charge in [-0.25, -0.2) is 8.42 Å². The molecule has 1 saturated heterocycles. The molecule has 2 heterocycles. The number of hydrogen-bond donors (Lipinski definition) is 1. The van der Waals surface area contributed by atoms with Gasteiger partial charge in [-0.3, -0.25) is 4.68 Å². The Kier molecular flexibility index (Phi) is 4.92. The predicted molar refractivity (Wildman–Crippen MR) is 81.5 cm³/mol. The maximum atomic E-state index is 12.1. The highest BCUT2D eigenvalue weighted by molar-refractivity contribution is 9.10. The Morgan fingerprint density at radius 2 is 2.20 bits per heavy atom. The molecule has 1 aliphatic rings. The first kappa shape index (κ1) is 16.0. The van der Waals surface area contributed by atoms with Crippen molar-refractivity contribution in [3.05, 3.63) is 15.9 Å². The van der Waals surface area contributed by atoms with Crippen molar-refractivity contribution >= 4 is 25.8 Å². The van der Waals surface area contributed by atoms with Crippen LogP contribution in [-0.4, -0.2) is 40.4 Å². The number of sulfone groups is 1. The minimum Gasteiger partial charge on any atom is -0.391 e. The number of aliphatic hydroxyl groups is 1. The average Bonchev–Trinajstić information content (AvgIpc) is 2.65. The van der Waals surface area contributed by atoms with Gasteiger partial charge in [-0.05, 0) is 42.6 Å². The smallest absolute Gasteiger partial charge is 0.155 e. The third-order valence-electron chi connectivity index (χ3n) is 3.91. The lowest BCUT2D eigenvalue weighted by Crippen LogP contribution is -2.40. The predicted octanol–water partition coefficient (Wildman–Crippen LogP) is 1.84. The van der Waals surface area contributed by atoms with Crippen LogP contribution < -0.4 is 0 Å². The quantitative estimate of drug-likeness (QED) is 0.884. The van der Waals surface area contributed by atoms with E-state index >= 15 is 0 Å². The van der Waals surface area contributed by atoms with Gasteiger partial charge in [0.2, 0.25) is 0 Å². The van der Waals surface area contributed by atoms with Crippen molar-refractivity contribution in [3.63, 3.8) is 0 Å². The van der Waals surface area contributed by atoms with Gasteiger partial charge in [0.15, 0.2) is 9.84 Å². The van der Waals surface area contributed by atoms with E-state index in [0.29, 0.717) is 25.8 Å². The molecule has 0 saturated carbocycles. The van der Waals surface area contributed by atoms with Crippen molar-refractivity contribution in [2.24, 2.45) is 0 Å². The zero-order valence-corrected chi connectivity index (χ0v) is 14.2. The minimum atomic E-state index is -3.16. The normalized spacial score (nSPS) is 23.7. The zero-order valence-electron chi connectivity index (χ0n) is 11.8. The molecule has 2 rings (SSSR count). The van der Waals surface area contributed by atoms with E-state index < -0.39 is 21.2 Å². The summed E-state index contributed by atoms with van der Waals surface area (Å²) in [4.78, 5) is 0. The van der Waals surface area contributed by atoms with Crippen LogP contribution in [0.3, 0.4) is 0 Å². The summed E-state index contributed by atoms with van der Waals surface area (Å²) in [5, 5.41) is 14.1. The highest BCUT2D eigenvalue weighted by atomic mass is 79.9. The standard InChI is InChI=1S/C13H21BrN2O3S/c1-3-16-10(13(14)9(2)15-16)8-11(17)12-6-4-5-7-20(12,18)19/h11-12,17H,3-8H2,1-2H3. The van der Waals surface area contributed by atoms with Gasteiger partial charge in [0.1, 0.15) is 0 Å². The maximum Gasteiger partial charge on any atom is 0.155 e. The Morgan fingerprint density at radius 3 is 2.80 bits per heavy atom. The van der Waals surface area contributed by atoms with Crippen LogP contribution in [0.1, 0.15) is 37.6 Å². The molecular formula is C13H21BrN2O3S. The van der Waals surface area contributed by atoms with Crippen molar-refractivity contribution in [3.8, 4) is 0 Å². The summed E-state index contributed by atoms with van der Waals surface area (Å²) in [6, 6.07) is 0. The second-order valence-electron chi connectivity index (χ2n) is 5.33. The van der Waals surface area contributed by atoms with E-state index in [4.69, 9.17) is 0 Å². The largest absolute Gasteiger partial charge is 0.391 e. The number of hydrogen-bond acceptors (Lipinski definition) is 4. The summed E-state index contributed by atoms with van der Waals surface area (Å²) in [5.74, 6) is 0.196. The van der Waals surface area contributed by atoms with Crippen molar-refractivity contribution < 1.29 is 13.5 Å². The maximum absolute atomic E-state index is 12.1. The van der Waals surface area contributed by atoms with Gasteiger partial charge in [-0.1, -0.05) is 6.42 Å². The zero-order chi connectivity index (χ0) is 14.9. The van der Waals surface area contributed by atoms with E-state index in [1.165, 1.54) is 0 Å². The Bertz CT molecular complexity index is 583. The highest BCUT2D eigenvalue weighted by Crippen LogP contribution is 2.27. The summed E-state index contributed by atoms with van der Waals surface area (Å²) in [5.41, 5.74) is 1.74. The molecule has 0 aromatic carbocycles. The monoisotopic (exact) mass is 364 g/mol. The second kappa shape index (κ2) is 6.15. The SMILES string of the molecule is CCn1nc(C)c(Br)c1CC(O)C1CCCCS1(=O)=O. The second-order valence-corrected chi connectivity index (χ2v) is 8.47. The van der Waals surface area contributed by atoms with E-state index in [-0.39, 0.29) is 5.75 Å². The molecule has 7 heteroatoms. The Hall–Kier alpha value is -0.400. The fourth-order valence-corrected chi connectivity index (χ4v) is 5.26. The van der Waals surface area contributed by atoms with Gasteiger partial charge in [-0.2, -0.15) is 5.10 Å². The molecular weight excluding hydrogens is 344 g/mol. The molecule has 114 valence electrons. The van der Waals surface area contributed by atoms with Crippen molar-refractivity contribution in [2.45, 2.75) is 57.4 Å². The molecule has 2 atom stereocenters. The Balaban J connectivity index is 2.21. The molecule has 0 aliphatic carbocycles. The lowest BCUT2D eigenvalue weighted by atomic mass is 10.0. The average molecular weight is 365 g/mol. The lowest BCUT2D eigenvalue weighted by molar-refractivity contribution is 0.159. The summed E-state index contributed by atoms with van der Waals surface area (Å²) >= 11 is 3.48. The van der Waals surface area contributed by atoms with Gasteiger partial charge in [0, 0.05) is 13.0 Å². The van der Waals surface area contributed by atoms with Gasteiger partial charge in [0.25, 0.3) is 0 Å². The first-order chi connectivity index (χ1) is 9.36. The summed E-state index contributed by atoms with van der Waals surface area (Å²) in [6.45, 7) is 4.57. The van der Waals surface area contributed by atoms with Crippen molar-refractivity contribution in [1.29, 1.82) is 0 Å². The van der Waals surface area contributed by atoms with E-state index in [2.05, 4.69) is 21.0 Å². The van der Waals surface area contributed by atoms with Crippen molar-refractivity contribution in [1.82, 2.24) is 9.78 Å². The molecule has 0 bridgehead atoms. The van der Waals surface area contributed by atoms with Crippen LogP contribution in [0.2, 0.25) is 0 Å². The molecule has 5 nitrogen and oxygen atoms in total. The molecule has 1 fully saturated rings. The molecule has 0 spiro atoms. The highest BCUT2D eigenvalue weighted by Gasteiger charge is 2.35. The first-order valence-corrected chi connectivity index (χ1v) is 9.49. The number of aliphatic hydroxyl groups excluding tert-OH is 1. The van der Waals surface area contributed by atoms with Crippen LogP contribution in [0.15, 0.2) is 4.47 Å². The number of nitrogens with zero attached hydrogens (tertiary/aromatic N) is 2. The topological polar surface area (TPSA) is 72.2 Å². The Labute approximate surface area is 128 Å². The molecule has 0 amide bonds. The molecule has 1 aromatic heterocycles. The van der Waals surface area contributed by atoms with Crippen LogP contribution in [0.4, 0.5) is 0 Å². The molecule has 20 heavy (non-hydrogen) atoms. The number of aryl methyl sites for hydroxylation is 2. The molecule has 0 radical (unpaired) electrons. The molecule has 1 aliphatic heterocycles. The van der Waals surface area contributed by atoms with Crippen LogP contribution in [0, 0.1) is 6.92 Å². The Morgan fingerprint density at radius 1 is 1.50 bits per heavy atom. The van der Waals surface area contributed by atoms with Crippen LogP contribution in [0.5, 0.6) is 0 Å². The minimum absolute atomic E-state index is 0.196. The van der Waals surface area contributed by atoms with E-state index in [1.54, 1.807) is 0 Å². The fourth-order valence-electron chi connectivity index (χ4n) is 2.80. The summed E-state index contributed by atoms with van der Waals surface area (Å²) in [6.07, 6.45) is 1.59. The first-order valence-electron chi connectivity index (χ1n) is 6.98. The van der Waals surface area contributed by atoms with Crippen LogP contribution in [0.25, 0.3) is 0 Å². The van der Waals surface area contributed by atoms with E-state index in [1.807, 2.05) is 18.5 Å². The van der Waals surface area contributed by atoms with Gasteiger partial charge in [-0.15, -0.1) is 0 Å². The van der Waals surface area contributed by atoms with E-state index in [0.717, 1.165) is 22.3 Å². The molecule has 1 N–H and O–H groups in total. The summed E-state index contributed by atoms with van der Waals surface area (Å²) < 4.78 is 26.8. The number of halogens is 1.